The summed E-state index contributed by atoms with van der Waals surface area (Å²) < 4.78 is 44.2. The number of anilines is 1. The number of carbonyl (C=O) groups is 2. The first-order valence-electron chi connectivity index (χ1n) is 5.95. The van der Waals surface area contributed by atoms with E-state index in [0.29, 0.717) is 17.1 Å². The molecule has 1 unspecified atom stereocenters. The second-order valence-corrected chi connectivity index (χ2v) is 4.44. The predicted octanol–water partition coefficient (Wildman–Crippen LogP) is 2.01. The topological polar surface area (TPSA) is 59.0 Å². The van der Waals surface area contributed by atoms with Crippen molar-refractivity contribution in [3.63, 3.8) is 0 Å². The molecular weight excluding hydrogens is 289 g/mol. The Morgan fingerprint density at radius 3 is 2.52 bits per heavy atom. The number of hydrogen-bond donors (Lipinski definition) is 0. The van der Waals surface area contributed by atoms with Crippen molar-refractivity contribution in [1.29, 1.82) is 0 Å². The molecule has 8 heteroatoms. The van der Waals surface area contributed by atoms with Gasteiger partial charge in [0.2, 0.25) is 0 Å². The van der Waals surface area contributed by atoms with Gasteiger partial charge in [-0.3, -0.25) is 9.59 Å². The maximum absolute atomic E-state index is 13.7. The van der Waals surface area contributed by atoms with E-state index in [-0.39, 0.29) is 12.1 Å². The minimum Gasteiger partial charge on any atom is -0.469 e. The molecule has 1 aromatic carbocycles. The number of esters is 1. The maximum Gasteiger partial charge on any atom is 0.306 e. The summed E-state index contributed by atoms with van der Waals surface area (Å²) in [5.41, 5.74) is -0.250. The molecule has 1 atom stereocenters. The molecule has 1 heterocycles. The molecule has 5 nitrogen and oxygen atoms in total. The summed E-state index contributed by atoms with van der Waals surface area (Å²) in [4.78, 5) is 23.4. The molecule has 112 valence electrons. The van der Waals surface area contributed by atoms with Crippen LogP contribution in [0.4, 0.5) is 18.9 Å². The number of methoxy groups -OCH3 is 1. The minimum atomic E-state index is -1.37. The van der Waals surface area contributed by atoms with Crippen LogP contribution in [-0.4, -0.2) is 24.7 Å². The Morgan fingerprint density at radius 2 is 1.90 bits per heavy atom. The highest BCUT2D eigenvalue weighted by Gasteiger charge is 2.37. The molecule has 1 aliphatic heterocycles. The van der Waals surface area contributed by atoms with Crippen molar-refractivity contribution in [3.05, 3.63) is 29.6 Å². The van der Waals surface area contributed by atoms with Crippen LogP contribution < -0.4 is 5.01 Å². The molecule has 0 bridgehead atoms. The summed E-state index contributed by atoms with van der Waals surface area (Å²) >= 11 is 0. The van der Waals surface area contributed by atoms with Crippen molar-refractivity contribution in [3.8, 4) is 0 Å². The molecule has 2 rings (SSSR count). The number of rotatable bonds is 3. The molecule has 0 radical (unpaired) electrons. The van der Waals surface area contributed by atoms with Gasteiger partial charge < -0.3 is 4.74 Å². The SMILES string of the molecule is COC(=O)CC1C(=O)N(c2cc(F)c(F)cc2F)N=C1C. The largest absolute Gasteiger partial charge is 0.469 e. The van der Waals surface area contributed by atoms with Crippen LogP contribution in [0.5, 0.6) is 0 Å². The van der Waals surface area contributed by atoms with Gasteiger partial charge in [-0.25, -0.2) is 13.2 Å². The van der Waals surface area contributed by atoms with Gasteiger partial charge in [-0.1, -0.05) is 0 Å². The highest BCUT2D eigenvalue weighted by Crippen LogP contribution is 2.29. The summed E-state index contributed by atoms with van der Waals surface area (Å²) in [7, 11) is 1.17. The van der Waals surface area contributed by atoms with E-state index in [9.17, 15) is 22.8 Å². The van der Waals surface area contributed by atoms with Crippen molar-refractivity contribution < 1.29 is 27.5 Å². The molecule has 0 fully saturated rings. The first kappa shape index (κ1) is 15.0. The van der Waals surface area contributed by atoms with Crippen molar-refractivity contribution in [1.82, 2.24) is 0 Å². The van der Waals surface area contributed by atoms with Gasteiger partial charge in [0.15, 0.2) is 17.5 Å². The molecule has 1 amide bonds. The van der Waals surface area contributed by atoms with Crippen LogP contribution in [0, 0.1) is 23.4 Å². The number of hydrazone groups is 1. The third-order valence-electron chi connectivity index (χ3n) is 3.09. The minimum absolute atomic E-state index is 0.257. The molecule has 0 N–H and O–H groups in total. The molecule has 1 aliphatic rings. The first-order valence-corrected chi connectivity index (χ1v) is 5.95. The Labute approximate surface area is 118 Å². The van der Waals surface area contributed by atoms with Gasteiger partial charge in [-0.15, -0.1) is 0 Å². The predicted molar refractivity (Wildman–Crippen MR) is 67.0 cm³/mol. The number of amides is 1. The van der Waals surface area contributed by atoms with Crippen LogP contribution in [0.15, 0.2) is 17.2 Å². The van der Waals surface area contributed by atoms with Gasteiger partial charge in [0.25, 0.3) is 5.91 Å². The van der Waals surface area contributed by atoms with Gasteiger partial charge in [0.05, 0.1) is 19.4 Å². The molecule has 0 saturated carbocycles. The van der Waals surface area contributed by atoms with Crippen molar-refractivity contribution in [2.75, 3.05) is 12.1 Å². The Kier molecular flexibility index (Phi) is 3.97. The number of ether oxygens (including phenoxy) is 1. The Bertz CT molecular complexity index is 646. The summed E-state index contributed by atoms with van der Waals surface area (Å²) in [6.07, 6.45) is -0.257. The summed E-state index contributed by atoms with van der Waals surface area (Å²) in [6.45, 7) is 1.48. The average molecular weight is 300 g/mol. The van der Waals surface area contributed by atoms with E-state index in [4.69, 9.17) is 0 Å². The lowest BCUT2D eigenvalue weighted by atomic mass is 10.0. The lowest BCUT2D eigenvalue weighted by Crippen LogP contribution is -2.29. The molecule has 0 spiro atoms. The van der Waals surface area contributed by atoms with Crippen molar-refractivity contribution >= 4 is 23.3 Å². The third kappa shape index (κ3) is 2.74. The molecule has 21 heavy (non-hydrogen) atoms. The maximum atomic E-state index is 13.7. The van der Waals surface area contributed by atoms with Crippen LogP contribution in [0.3, 0.4) is 0 Å². The van der Waals surface area contributed by atoms with Crippen LogP contribution in [0.2, 0.25) is 0 Å². The Balaban J connectivity index is 2.33. The smallest absolute Gasteiger partial charge is 0.306 e. The molecule has 1 aromatic rings. The van der Waals surface area contributed by atoms with Gasteiger partial charge in [-0.05, 0) is 6.92 Å². The van der Waals surface area contributed by atoms with Crippen molar-refractivity contribution in [2.45, 2.75) is 13.3 Å². The summed E-state index contributed by atoms with van der Waals surface area (Å²) in [5, 5.41) is 4.43. The van der Waals surface area contributed by atoms with Crippen LogP contribution in [0.1, 0.15) is 13.3 Å². The van der Waals surface area contributed by atoms with E-state index < -0.39 is 40.9 Å². The van der Waals surface area contributed by atoms with Gasteiger partial charge >= 0.3 is 5.97 Å². The van der Waals surface area contributed by atoms with E-state index in [1.54, 1.807) is 0 Å². The third-order valence-corrected chi connectivity index (χ3v) is 3.09. The monoisotopic (exact) mass is 300 g/mol. The lowest BCUT2D eigenvalue weighted by molar-refractivity contribution is -0.142. The van der Waals surface area contributed by atoms with Crippen LogP contribution in [0.25, 0.3) is 0 Å². The zero-order chi connectivity index (χ0) is 15.7. The lowest BCUT2D eigenvalue weighted by Gasteiger charge is -2.15. The Morgan fingerprint density at radius 1 is 1.29 bits per heavy atom. The first-order chi connectivity index (χ1) is 9.85. The molecule has 0 aliphatic carbocycles. The second kappa shape index (κ2) is 5.55. The van der Waals surface area contributed by atoms with E-state index in [0.717, 1.165) is 0 Å². The van der Waals surface area contributed by atoms with Gasteiger partial charge in [0.1, 0.15) is 5.69 Å². The van der Waals surface area contributed by atoms with E-state index in [1.807, 2.05) is 0 Å². The number of benzene rings is 1. The fraction of sp³-hybridized carbons (Fsp3) is 0.308. The van der Waals surface area contributed by atoms with E-state index in [1.165, 1.54) is 14.0 Å². The summed E-state index contributed by atoms with van der Waals surface area (Å²) in [5.74, 6) is -6.04. The second-order valence-electron chi connectivity index (χ2n) is 4.44. The number of nitrogens with zero attached hydrogens (tertiary/aromatic N) is 2. The zero-order valence-corrected chi connectivity index (χ0v) is 11.2. The fourth-order valence-corrected chi connectivity index (χ4v) is 1.93. The van der Waals surface area contributed by atoms with Crippen molar-refractivity contribution in [2.24, 2.45) is 11.0 Å². The Hall–Kier alpha value is -2.38. The quantitative estimate of drug-likeness (QED) is 0.634. The summed E-state index contributed by atoms with van der Waals surface area (Å²) in [6, 6.07) is 0.871. The van der Waals surface area contributed by atoms with Crippen LogP contribution >= 0.6 is 0 Å². The number of carbonyl (C=O) groups excluding carboxylic acids is 2. The van der Waals surface area contributed by atoms with Gasteiger partial charge in [0, 0.05) is 17.8 Å². The van der Waals surface area contributed by atoms with E-state index in [2.05, 4.69) is 9.84 Å². The highest BCUT2D eigenvalue weighted by atomic mass is 19.2. The highest BCUT2D eigenvalue weighted by molar-refractivity contribution is 6.16. The number of hydrogen-bond acceptors (Lipinski definition) is 4. The molecular formula is C13H11F3N2O3. The van der Waals surface area contributed by atoms with E-state index >= 15 is 0 Å². The fourth-order valence-electron chi connectivity index (χ4n) is 1.93. The van der Waals surface area contributed by atoms with Gasteiger partial charge in [-0.2, -0.15) is 10.1 Å². The molecule has 0 saturated heterocycles. The average Bonchev–Trinajstić information content (AvgIpc) is 2.70. The normalized spacial score (nSPS) is 18.0. The zero-order valence-electron chi connectivity index (χ0n) is 11.2. The van der Waals surface area contributed by atoms with Crippen LogP contribution in [-0.2, 0) is 14.3 Å². The number of halogens is 3. The molecule has 0 aromatic heterocycles. The standard InChI is InChI=1S/C13H11F3N2O3/c1-6-7(3-12(19)21-2)13(20)18(17-6)11-5-9(15)8(14)4-10(11)16/h4-5,7H,3H2,1-2H3.